The van der Waals surface area contributed by atoms with Gasteiger partial charge in [-0.25, -0.2) is 4.98 Å². The van der Waals surface area contributed by atoms with Gasteiger partial charge in [-0.3, -0.25) is 4.79 Å². The van der Waals surface area contributed by atoms with Crippen molar-refractivity contribution in [2.75, 3.05) is 32.3 Å². The van der Waals surface area contributed by atoms with Crippen LogP contribution in [0.5, 0.6) is 17.2 Å². The average molecular weight is 486 g/mol. The first kappa shape index (κ1) is 23.7. The molecule has 1 atom stereocenters. The van der Waals surface area contributed by atoms with Crippen LogP contribution in [0.1, 0.15) is 29.3 Å². The van der Waals surface area contributed by atoms with Gasteiger partial charge in [0.05, 0.1) is 37.5 Å². The lowest BCUT2D eigenvalue weighted by Gasteiger charge is -2.20. The normalized spacial score (nSPS) is 15.5. The van der Waals surface area contributed by atoms with Crippen LogP contribution in [0.3, 0.4) is 0 Å². The largest absolute Gasteiger partial charge is 0.497 e. The van der Waals surface area contributed by atoms with Gasteiger partial charge in [-0.15, -0.1) is 0 Å². The first-order chi connectivity index (χ1) is 17.5. The molecule has 4 aromatic rings. The van der Waals surface area contributed by atoms with E-state index in [1.165, 1.54) is 5.56 Å². The van der Waals surface area contributed by atoms with Gasteiger partial charge in [0.1, 0.15) is 29.7 Å². The summed E-state index contributed by atoms with van der Waals surface area (Å²) < 4.78 is 19.3. The molecule has 7 heteroatoms. The van der Waals surface area contributed by atoms with Gasteiger partial charge in [0.2, 0.25) is 5.91 Å². The van der Waals surface area contributed by atoms with Crippen molar-refractivity contribution in [2.45, 2.75) is 32.7 Å². The Kier molecular flexibility index (Phi) is 6.55. The fourth-order valence-electron chi connectivity index (χ4n) is 4.97. The van der Waals surface area contributed by atoms with E-state index in [-0.39, 0.29) is 11.8 Å². The van der Waals surface area contributed by atoms with Crippen molar-refractivity contribution in [2.24, 2.45) is 0 Å². The molecular formula is C29H31N3O4. The molecule has 3 aromatic carbocycles. The molecule has 36 heavy (non-hydrogen) atoms. The number of carbonyl (C=O) groups excluding carboxylic acids is 1. The number of aryl methyl sites for hydroxylation is 2. The molecule has 0 saturated carbocycles. The van der Waals surface area contributed by atoms with Crippen LogP contribution in [0, 0.1) is 13.8 Å². The molecule has 0 aliphatic carbocycles. The number of methoxy groups -OCH3 is 2. The minimum Gasteiger partial charge on any atom is -0.497 e. The third-order valence-electron chi connectivity index (χ3n) is 6.75. The van der Waals surface area contributed by atoms with Crippen LogP contribution >= 0.6 is 0 Å². The molecule has 7 nitrogen and oxygen atoms in total. The fraction of sp³-hybridized carbons (Fsp3) is 0.310. The van der Waals surface area contributed by atoms with Crippen LogP contribution in [0.2, 0.25) is 0 Å². The summed E-state index contributed by atoms with van der Waals surface area (Å²) in [5.41, 5.74) is 5.01. The zero-order valence-electron chi connectivity index (χ0n) is 21.2. The lowest BCUT2D eigenvalue weighted by molar-refractivity contribution is -0.117. The molecule has 0 bridgehead atoms. The monoisotopic (exact) mass is 485 g/mol. The van der Waals surface area contributed by atoms with E-state index in [2.05, 4.69) is 36.6 Å². The maximum absolute atomic E-state index is 13.2. The Hall–Kier alpha value is -4.00. The van der Waals surface area contributed by atoms with Crippen molar-refractivity contribution in [3.8, 4) is 17.2 Å². The Morgan fingerprint density at radius 2 is 1.78 bits per heavy atom. The maximum atomic E-state index is 13.2. The quantitative estimate of drug-likeness (QED) is 0.340. The number of imidazole rings is 1. The first-order valence-electron chi connectivity index (χ1n) is 12.2. The van der Waals surface area contributed by atoms with Gasteiger partial charge in [-0.05, 0) is 49.7 Å². The van der Waals surface area contributed by atoms with Crippen molar-refractivity contribution in [1.82, 2.24) is 9.55 Å². The number of para-hydroxylation sites is 2. The molecule has 1 aliphatic rings. The third-order valence-corrected chi connectivity index (χ3v) is 6.75. The molecule has 0 unspecified atom stereocenters. The number of aromatic nitrogens is 2. The number of fused-ring (bicyclic) bond motifs is 1. The summed E-state index contributed by atoms with van der Waals surface area (Å²) in [4.78, 5) is 19.9. The van der Waals surface area contributed by atoms with Crippen molar-refractivity contribution in [1.29, 1.82) is 0 Å². The zero-order valence-corrected chi connectivity index (χ0v) is 21.2. The predicted molar refractivity (Wildman–Crippen MR) is 140 cm³/mol. The molecule has 0 N–H and O–H groups in total. The summed E-state index contributed by atoms with van der Waals surface area (Å²) in [5.74, 6) is 3.09. The molecule has 1 saturated heterocycles. The third kappa shape index (κ3) is 4.49. The number of ether oxygens (including phenoxy) is 3. The highest BCUT2D eigenvalue weighted by atomic mass is 16.5. The van der Waals surface area contributed by atoms with E-state index < -0.39 is 0 Å². The SMILES string of the molecule is COc1ccc(OC)c(N2C[C@@H](c3nc4ccccc4n3CCOc3ccc(C)cc3C)CC2=O)c1. The molecule has 1 aliphatic heterocycles. The van der Waals surface area contributed by atoms with E-state index >= 15 is 0 Å². The van der Waals surface area contributed by atoms with Gasteiger partial charge in [-0.1, -0.05) is 29.8 Å². The minimum atomic E-state index is -0.0538. The van der Waals surface area contributed by atoms with Gasteiger partial charge in [0.15, 0.2) is 0 Å². The number of amides is 1. The van der Waals surface area contributed by atoms with Crippen LogP contribution in [0.25, 0.3) is 11.0 Å². The number of anilines is 1. The van der Waals surface area contributed by atoms with E-state index in [1.807, 2.05) is 42.5 Å². The summed E-state index contributed by atoms with van der Waals surface area (Å²) in [6, 6.07) is 19.8. The zero-order chi connectivity index (χ0) is 25.2. The average Bonchev–Trinajstić information content (AvgIpc) is 3.45. The van der Waals surface area contributed by atoms with Crippen LogP contribution < -0.4 is 19.1 Å². The second kappa shape index (κ2) is 9.93. The lowest BCUT2D eigenvalue weighted by Crippen LogP contribution is -2.25. The van der Waals surface area contributed by atoms with E-state index in [1.54, 1.807) is 19.1 Å². The molecule has 0 radical (unpaired) electrons. The summed E-state index contributed by atoms with van der Waals surface area (Å²) in [6.07, 6.45) is 0.377. The molecular weight excluding hydrogens is 454 g/mol. The van der Waals surface area contributed by atoms with Crippen molar-refractivity contribution in [3.63, 3.8) is 0 Å². The summed E-state index contributed by atoms with van der Waals surface area (Å²) >= 11 is 0. The highest BCUT2D eigenvalue weighted by Crippen LogP contribution is 2.39. The van der Waals surface area contributed by atoms with E-state index in [0.29, 0.717) is 43.3 Å². The highest BCUT2D eigenvalue weighted by molar-refractivity contribution is 5.98. The van der Waals surface area contributed by atoms with Gasteiger partial charge >= 0.3 is 0 Å². The van der Waals surface area contributed by atoms with Gasteiger partial charge in [0.25, 0.3) is 0 Å². The second-order valence-electron chi connectivity index (χ2n) is 9.17. The van der Waals surface area contributed by atoms with Crippen molar-refractivity contribution >= 4 is 22.6 Å². The second-order valence-corrected chi connectivity index (χ2v) is 9.17. The van der Waals surface area contributed by atoms with Crippen LogP contribution in [0.4, 0.5) is 5.69 Å². The number of carbonyl (C=O) groups is 1. The number of hydrogen-bond acceptors (Lipinski definition) is 5. The maximum Gasteiger partial charge on any atom is 0.227 e. The lowest BCUT2D eigenvalue weighted by atomic mass is 10.1. The van der Waals surface area contributed by atoms with Gasteiger partial charge in [0, 0.05) is 24.9 Å². The van der Waals surface area contributed by atoms with E-state index in [0.717, 1.165) is 28.2 Å². The van der Waals surface area contributed by atoms with Crippen LogP contribution in [-0.2, 0) is 11.3 Å². The smallest absolute Gasteiger partial charge is 0.227 e. The molecule has 1 aromatic heterocycles. The Morgan fingerprint density at radius 1 is 0.972 bits per heavy atom. The molecule has 5 rings (SSSR count). The molecule has 1 fully saturated rings. The molecule has 0 spiro atoms. The molecule has 2 heterocycles. The number of rotatable bonds is 8. The van der Waals surface area contributed by atoms with Crippen molar-refractivity contribution < 1.29 is 19.0 Å². The van der Waals surface area contributed by atoms with E-state index in [4.69, 9.17) is 19.2 Å². The highest BCUT2D eigenvalue weighted by Gasteiger charge is 2.36. The van der Waals surface area contributed by atoms with Gasteiger partial charge in [-0.2, -0.15) is 0 Å². The van der Waals surface area contributed by atoms with Crippen molar-refractivity contribution in [3.05, 3.63) is 77.6 Å². The summed E-state index contributed by atoms with van der Waals surface area (Å²) in [5, 5.41) is 0. The van der Waals surface area contributed by atoms with Crippen LogP contribution in [0.15, 0.2) is 60.7 Å². The topological polar surface area (TPSA) is 65.8 Å². The number of benzene rings is 3. The van der Waals surface area contributed by atoms with E-state index in [9.17, 15) is 4.79 Å². The summed E-state index contributed by atoms with van der Waals surface area (Å²) in [7, 11) is 3.22. The predicted octanol–water partition coefficient (Wildman–Crippen LogP) is 5.27. The Bertz CT molecular complexity index is 1410. The number of hydrogen-bond donors (Lipinski definition) is 0. The molecule has 186 valence electrons. The molecule has 1 amide bonds. The Balaban J connectivity index is 1.42. The summed E-state index contributed by atoms with van der Waals surface area (Å²) in [6.45, 7) is 5.80. The van der Waals surface area contributed by atoms with Gasteiger partial charge < -0.3 is 23.7 Å². The Morgan fingerprint density at radius 3 is 2.56 bits per heavy atom. The first-order valence-corrected chi connectivity index (χ1v) is 12.2. The Labute approximate surface area is 211 Å². The fourth-order valence-corrected chi connectivity index (χ4v) is 4.97. The standard InChI is InChI=1S/C29H31N3O4/c1-19-9-11-26(20(2)15-19)36-14-13-31-24-8-6-5-7-23(24)30-29(31)21-16-28(33)32(18-21)25-17-22(34-3)10-12-27(25)35-4/h5-12,15,17,21H,13-14,16,18H2,1-4H3/t21-/m0/s1. The van der Waals surface area contributed by atoms with Crippen LogP contribution in [-0.4, -0.2) is 42.8 Å². The number of nitrogens with zero attached hydrogens (tertiary/aromatic N) is 3. The minimum absolute atomic E-state index is 0.0386.